The second-order valence-corrected chi connectivity index (χ2v) is 9.45. The molecule has 0 spiro atoms. The summed E-state index contributed by atoms with van der Waals surface area (Å²) in [5, 5.41) is 35.9. The first-order chi connectivity index (χ1) is 10.5. The lowest BCUT2D eigenvalue weighted by Crippen LogP contribution is -2.39. The van der Waals surface area contributed by atoms with E-state index in [1.165, 1.54) is 18.6 Å². The second-order valence-electron chi connectivity index (χ2n) is 5.29. The lowest BCUT2D eigenvalue weighted by Gasteiger charge is -2.36. The zero-order valence-electron chi connectivity index (χ0n) is 13.1. The summed E-state index contributed by atoms with van der Waals surface area (Å²) >= 11 is 0. The summed E-state index contributed by atoms with van der Waals surface area (Å²) < 4.78 is 1.49. The third-order valence-corrected chi connectivity index (χ3v) is 8.67. The number of nitrogens with zero attached hydrogens (tertiary/aromatic N) is 1. The first kappa shape index (κ1) is 21.3. The second kappa shape index (κ2) is 9.42. The first-order valence-electron chi connectivity index (χ1n) is 6.99. The van der Waals surface area contributed by atoms with Gasteiger partial charge in [0.2, 0.25) is 0 Å². The molecule has 0 aromatic heterocycles. The molecule has 0 heterocycles. The number of hydrogen-bond acceptors (Lipinski definition) is 5. The Hall–Kier alpha value is -1.73. The van der Waals surface area contributed by atoms with Gasteiger partial charge in [-0.1, -0.05) is 0 Å². The summed E-state index contributed by atoms with van der Waals surface area (Å²) in [6, 6.07) is -0.959. The van der Waals surface area contributed by atoms with Crippen molar-refractivity contribution in [2.45, 2.75) is 32.2 Å². The predicted molar refractivity (Wildman–Crippen MR) is 83.1 cm³/mol. The Bertz CT molecular complexity index is 421. The van der Waals surface area contributed by atoms with Gasteiger partial charge in [0.05, 0.1) is 45.2 Å². The van der Waals surface area contributed by atoms with Crippen LogP contribution >= 0.6 is 7.41 Å². The van der Waals surface area contributed by atoms with E-state index in [0.717, 1.165) is 0 Å². The van der Waals surface area contributed by atoms with E-state index in [1.807, 2.05) is 0 Å². The third-order valence-electron chi connectivity index (χ3n) is 3.81. The number of aliphatic carboxylic acids is 4. The van der Waals surface area contributed by atoms with Crippen LogP contribution in [0.3, 0.4) is 0 Å². The minimum Gasteiger partial charge on any atom is -0.481 e. The van der Waals surface area contributed by atoms with Crippen molar-refractivity contribution in [2.24, 2.45) is 0 Å². The molecule has 0 amide bonds. The summed E-state index contributed by atoms with van der Waals surface area (Å²) in [6.07, 6.45) is -0.540. The largest absolute Gasteiger partial charge is 0.481 e. The zero-order chi connectivity index (χ0) is 18.2. The minimum absolute atomic E-state index is 0.0804. The molecular weight excluding hydrogens is 329 g/mol. The highest BCUT2D eigenvalue weighted by atomic mass is 31.2. The molecule has 0 radical (unpaired) electrons. The van der Waals surface area contributed by atoms with Crippen LogP contribution in [0.2, 0.25) is 0 Å². The Kier molecular flexibility index (Phi) is 8.71. The Balaban J connectivity index is 5.56. The highest BCUT2D eigenvalue weighted by molar-refractivity contribution is 7.73. The lowest BCUT2D eigenvalue weighted by molar-refractivity contribution is -0.140. The lowest BCUT2D eigenvalue weighted by atomic mass is 10.4. The summed E-state index contributed by atoms with van der Waals surface area (Å²) in [4.78, 5) is 43.9. The van der Waals surface area contributed by atoms with Crippen LogP contribution in [0.15, 0.2) is 0 Å². The van der Waals surface area contributed by atoms with Gasteiger partial charge in [-0.15, -0.1) is 0 Å². The van der Waals surface area contributed by atoms with Gasteiger partial charge < -0.3 is 20.4 Å². The molecule has 0 bridgehead atoms. The molecule has 23 heavy (non-hydrogen) atoms. The van der Waals surface area contributed by atoms with Crippen LogP contribution in [0.4, 0.5) is 0 Å². The van der Waals surface area contributed by atoms with Crippen LogP contribution in [0.1, 0.15) is 26.2 Å². The van der Waals surface area contributed by atoms with Crippen molar-refractivity contribution < 1.29 is 39.6 Å². The molecule has 0 aromatic rings. The fourth-order valence-corrected chi connectivity index (χ4v) is 6.52. The number of rotatable bonds is 12. The van der Waals surface area contributed by atoms with Crippen molar-refractivity contribution in [3.63, 3.8) is 0 Å². The monoisotopic (exact) mass is 352 g/mol. The van der Waals surface area contributed by atoms with E-state index in [1.54, 1.807) is 0 Å². The zero-order valence-corrected chi connectivity index (χ0v) is 14.0. The van der Waals surface area contributed by atoms with Gasteiger partial charge >= 0.3 is 23.9 Å². The van der Waals surface area contributed by atoms with E-state index in [-0.39, 0.29) is 37.7 Å². The van der Waals surface area contributed by atoms with E-state index in [2.05, 4.69) is 0 Å². The fraction of sp³-hybridized carbons (Fsp3) is 0.692. The highest BCUT2D eigenvalue weighted by Gasteiger charge is 2.46. The van der Waals surface area contributed by atoms with Crippen LogP contribution in [-0.4, -0.2) is 80.5 Å². The van der Waals surface area contributed by atoms with E-state index in [0.29, 0.717) is 0 Å². The summed E-state index contributed by atoms with van der Waals surface area (Å²) in [5.74, 6) is -4.39. The molecule has 0 aliphatic carbocycles. The average Bonchev–Trinajstić information content (AvgIpc) is 2.44. The van der Waals surface area contributed by atoms with Crippen molar-refractivity contribution >= 4 is 31.3 Å². The molecule has 9 nitrogen and oxygen atoms in total. The number of carboxylic acid groups (broad SMARTS) is 4. The maximum atomic E-state index is 11.2. The fourth-order valence-electron chi connectivity index (χ4n) is 2.25. The molecule has 1 atom stereocenters. The van der Waals surface area contributed by atoms with Crippen molar-refractivity contribution in [1.29, 1.82) is 0 Å². The maximum Gasteiger partial charge on any atom is 0.324 e. The third kappa shape index (κ3) is 7.38. The van der Waals surface area contributed by atoms with Crippen LogP contribution in [0, 0.1) is 0 Å². The topological polar surface area (TPSA) is 152 Å². The number of carbonyl (C=O) groups is 4. The normalized spacial score (nSPS) is 12.8. The van der Waals surface area contributed by atoms with E-state index < -0.39 is 37.3 Å². The molecule has 0 saturated carbocycles. The van der Waals surface area contributed by atoms with Crippen molar-refractivity contribution in [1.82, 2.24) is 4.67 Å². The van der Waals surface area contributed by atoms with Gasteiger partial charge in [0.15, 0.2) is 0 Å². The SMILES string of the molecule is CC(C(=O)O)N(C)[P+](CCC(=O)O)(CCC(=O)O)CCC(=O)O. The number of likely N-dealkylation sites (N-methyl/N-ethyl adjacent to an activating group) is 1. The van der Waals surface area contributed by atoms with E-state index in [9.17, 15) is 24.3 Å². The van der Waals surface area contributed by atoms with Crippen LogP contribution in [0.25, 0.3) is 0 Å². The Morgan fingerprint density at radius 1 is 0.826 bits per heavy atom. The molecule has 4 N–H and O–H groups in total. The Morgan fingerprint density at radius 3 is 1.35 bits per heavy atom. The van der Waals surface area contributed by atoms with Crippen molar-refractivity contribution in [3.8, 4) is 0 Å². The minimum atomic E-state index is -2.55. The molecule has 10 heteroatoms. The van der Waals surface area contributed by atoms with Crippen molar-refractivity contribution in [3.05, 3.63) is 0 Å². The summed E-state index contributed by atoms with van der Waals surface area (Å²) in [5.41, 5.74) is 0. The van der Waals surface area contributed by atoms with Gasteiger partial charge in [0, 0.05) is 7.05 Å². The standard InChI is InChI=1S/C13H22NO8P/c1-9(13(21)22)14(2)23(6-3-10(15)16,7-4-11(17)18)8-5-12(19)20/h9H,3-8H2,1-2H3,(H3-,15,16,17,18,19,20,21,22)/p+1. The molecule has 0 fully saturated rings. The predicted octanol–water partition coefficient (Wildman–Crippen LogP) is 0.748. The van der Waals surface area contributed by atoms with E-state index in [4.69, 9.17) is 15.3 Å². The molecule has 0 aliphatic heterocycles. The van der Waals surface area contributed by atoms with Gasteiger partial charge in [0.1, 0.15) is 6.04 Å². The number of hydrogen-bond donors (Lipinski definition) is 4. The molecular formula is C13H23NO8P+. The summed E-state index contributed by atoms with van der Waals surface area (Å²) in [7, 11) is -1.05. The maximum absolute atomic E-state index is 11.2. The van der Waals surface area contributed by atoms with Gasteiger partial charge in [-0.25, -0.2) is 0 Å². The van der Waals surface area contributed by atoms with Gasteiger partial charge in [-0.2, -0.15) is 4.67 Å². The van der Waals surface area contributed by atoms with Gasteiger partial charge in [-0.3, -0.25) is 19.2 Å². The molecule has 132 valence electrons. The van der Waals surface area contributed by atoms with Crippen LogP contribution < -0.4 is 0 Å². The van der Waals surface area contributed by atoms with Crippen LogP contribution in [-0.2, 0) is 19.2 Å². The Labute approximate surface area is 134 Å². The highest BCUT2D eigenvalue weighted by Crippen LogP contribution is 2.63. The first-order valence-corrected chi connectivity index (χ1v) is 9.29. The average molecular weight is 352 g/mol. The molecule has 0 aromatic carbocycles. The van der Waals surface area contributed by atoms with E-state index >= 15 is 0 Å². The van der Waals surface area contributed by atoms with Crippen molar-refractivity contribution in [2.75, 3.05) is 25.5 Å². The number of carboxylic acids is 4. The van der Waals surface area contributed by atoms with Crippen LogP contribution in [0.5, 0.6) is 0 Å². The smallest absolute Gasteiger partial charge is 0.324 e. The Morgan fingerprint density at radius 2 is 1.13 bits per heavy atom. The van der Waals surface area contributed by atoms with Gasteiger partial charge in [-0.05, 0) is 6.92 Å². The quantitative estimate of drug-likeness (QED) is 0.373. The molecule has 0 saturated heterocycles. The summed E-state index contributed by atoms with van der Waals surface area (Å²) in [6.45, 7) is 1.42. The molecule has 0 aliphatic rings. The molecule has 0 rings (SSSR count). The molecule has 1 unspecified atom stereocenters. The van der Waals surface area contributed by atoms with Gasteiger partial charge in [0.25, 0.3) is 0 Å².